The van der Waals surface area contributed by atoms with Crippen LogP contribution in [-0.4, -0.2) is 33.5 Å². The van der Waals surface area contributed by atoms with Crippen LogP contribution in [-0.2, 0) is 0 Å². The molecule has 28 heavy (non-hydrogen) atoms. The molecule has 0 spiro atoms. The molecule has 6 heteroatoms. The number of imidazole rings is 1. The van der Waals surface area contributed by atoms with Gasteiger partial charge < -0.3 is 15.2 Å². The van der Waals surface area contributed by atoms with Crippen LogP contribution in [0.2, 0.25) is 0 Å². The molecule has 6 nitrogen and oxygen atoms in total. The summed E-state index contributed by atoms with van der Waals surface area (Å²) in [6, 6.07) is 16.5. The highest BCUT2D eigenvalue weighted by Crippen LogP contribution is 2.33. The fraction of sp³-hybridized carbons (Fsp3) is 0.227. The van der Waals surface area contributed by atoms with Gasteiger partial charge in [0.1, 0.15) is 5.82 Å². The lowest BCUT2D eigenvalue weighted by Crippen LogP contribution is -2.15. The van der Waals surface area contributed by atoms with Gasteiger partial charge in [-0.25, -0.2) is 9.97 Å². The SMILES string of the molecule is CC(C)CNc1nccc(N(C)c2cc(-c3ccccc3)c3nc[nH]c3c2)n1. The molecule has 2 N–H and O–H groups in total. The second-order valence-corrected chi connectivity index (χ2v) is 7.23. The van der Waals surface area contributed by atoms with Gasteiger partial charge in [-0.2, -0.15) is 4.98 Å². The Kier molecular flexibility index (Phi) is 4.93. The highest BCUT2D eigenvalue weighted by molar-refractivity contribution is 5.95. The molecule has 0 fully saturated rings. The number of aromatic amines is 1. The molecule has 4 aromatic rings. The first-order valence-corrected chi connectivity index (χ1v) is 9.45. The van der Waals surface area contributed by atoms with Crippen molar-refractivity contribution in [3.63, 3.8) is 0 Å². The van der Waals surface area contributed by atoms with Gasteiger partial charge in [-0.3, -0.25) is 0 Å². The van der Waals surface area contributed by atoms with Gasteiger partial charge in [-0.05, 0) is 29.7 Å². The second-order valence-electron chi connectivity index (χ2n) is 7.23. The molecule has 0 aliphatic carbocycles. The summed E-state index contributed by atoms with van der Waals surface area (Å²) in [4.78, 5) is 18.8. The van der Waals surface area contributed by atoms with E-state index in [1.807, 2.05) is 31.3 Å². The van der Waals surface area contributed by atoms with Crippen molar-refractivity contribution in [3.05, 3.63) is 61.1 Å². The molecule has 0 amide bonds. The number of H-pyrrole nitrogens is 1. The second kappa shape index (κ2) is 7.68. The quantitative estimate of drug-likeness (QED) is 0.506. The van der Waals surface area contributed by atoms with Gasteiger partial charge in [0.2, 0.25) is 5.95 Å². The van der Waals surface area contributed by atoms with Crippen LogP contribution in [0, 0.1) is 5.92 Å². The highest BCUT2D eigenvalue weighted by Gasteiger charge is 2.13. The number of fused-ring (bicyclic) bond motifs is 1. The van der Waals surface area contributed by atoms with Crippen molar-refractivity contribution in [2.24, 2.45) is 5.92 Å². The lowest BCUT2D eigenvalue weighted by Gasteiger charge is -2.20. The van der Waals surface area contributed by atoms with Crippen molar-refractivity contribution in [2.45, 2.75) is 13.8 Å². The first-order valence-electron chi connectivity index (χ1n) is 9.45. The van der Waals surface area contributed by atoms with E-state index in [4.69, 9.17) is 0 Å². The Hall–Kier alpha value is -3.41. The number of benzene rings is 2. The Morgan fingerprint density at radius 3 is 2.68 bits per heavy atom. The van der Waals surface area contributed by atoms with E-state index in [0.29, 0.717) is 11.9 Å². The van der Waals surface area contributed by atoms with Crippen LogP contribution in [0.1, 0.15) is 13.8 Å². The van der Waals surface area contributed by atoms with Crippen LogP contribution in [0.25, 0.3) is 22.2 Å². The maximum absolute atomic E-state index is 4.67. The van der Waals surface area contributed by atoms with Crippen molar-refractivity contribution < 1.29 is 0 Å². The maximum Gasteiger partial charge on any atom is 0.224 e. The smallest absolute Gasteiger partial charge is 0.224 e. The van der Waals surface area contributed by atoms with E-state index in [2.05, 4.69) is 68.3 Å². The van der Waals surface area contributed by atoms with Crippen LogP contribution in [0.4, 0.5) is 17.5 Å². The number of rotatable bonds is 6. The molecule has 0 aliphatic rings. The average Bonchev–Trinajstić information content (AvgIpc) is 3.20. The molecule has 0 radical (unpaired) electrons. The molecule has 0 aliphatic heterocycles. The summed E-state index contributed by atoms with van der Waals surface area (Å²) in [5.41, 5.74) is 5.22. The Balaban J connectivity index is 1.72. The summed E-state index contributed by atoms with van der Waals surface area (Å²) in [5, 5.41) is 3.29. The lowest BCUT2D eigenvalue weighted by atomic mass is 10.0. The number of aromatic nitrogens is 4. The number of anilines is 3. The van der Waals surface area contributed by atoms with Crippen LogP contribution in [0.5, 0.6) is 0 Å². The summed E-state index contributed by atoms with van der Waals surface area (Å²) in [5.74, 6) is 2.00. The summed E-state index contributed by atoms with van der Waals surface area (Å²) < 4.78 is 0. The minimum atomic E-state index is 0.529. The average molecular weight is 372 g/mol. The molecule has 0 atom stereocenters. The van der Waals surface area contributed by atoms with E-state index in [-0.39, 0.29) is 0 Å². The summed E-state index contributed by atoms with van der Waals surface area (Å²) in [6.45, 7) is 5.16. The number of hydrogen-bond acceptors (Lipinski definition) is 5. The molecule has 2 aromatic carbocycles. The number of nitrogens with zero attached hydrogens (tertiary/aromatic N) is 4. The lowest BCUT2D eigenvalue weighted by molar-refractivity contribution is 0.684. The topological polar surface area (TPSA) is 69.7 Å². The first-order chi connectivity index (χ1) is 13.6. The van der Waals surface area contributed by atoms with E-state index < -0.39 is 0 Å². The van der Waals surface area contributed by atoms with Crippen molar-refractivity contribution in [2.75, 3.05) is 23.8 Å². The predicted octanol–water partition coefficient (Wildman–Crippen LogP) is 4.86. The van der Waals surface area contributed by atoms with Crippen LogP contribution < -0.4 is 10.2 Å². The summed E-state index contributed by atoms with van der Waals surface area (Å²) >= 11 is 0. The third-order valence-electron chi connectivity index (χ3n) is 4.63. The van der Waals surface area contributed by atoms with Gasteiger partial charge in [-0.15, -0.1) is 0 Å². The van der Waals surface area contributed by atoms with Crippen molar-refractivity contribution in [1.82, 2.24) is 19.9 Å². The van der Waals surface area contributed by atoms with E-state index in [1.165, 1.54) is 0 Å². The molecule has 0 bridgehead atoms. The highest BCUT2D eigenvalue weighted by atomic mass is 15.2. The van der Waals surface area contributed by atoms with Gasteiger partial charge in [0.05, 0.1) is 17.4 Å². The predicted molar refractivity (Wildman–Crippen MR) is 115 cm³/mol. The summed E-state index contributed by atoms with van der Waals surface area (Å²) in [6.07, 6.45) is 3.52. The minimum absolute atomic E-state index is 0.529. The first kappa shape index (κ1) is 18.0. The summed E-state index contributed by atoms with van der Waals surface area (Å²) in [7, 11) is 2.01. The van der Waals surface area contributed by atoms with Crippen LogP contribution in [0.15, 0.2) is 61.1 Å². The zero-order valence-electron chi connectivity index (χ0n) is 16.3. The van der Waals surface area contributed by atoms with Crippen LogP contribution in [0.3, 0.4) is 0 Å². The maximum atomic E-state index is 4.67. The molecule has 0 unspecified atom stereocenters. The van der Waals surface area contributed by atoms with E-state index >= 15 is 0 Å². The number of nitrogens with one attached hydrogen (secondary N) is 2. The standard InChI is InChI=1S/C22H24N6/c1-15(2)13-24-22-23-10-9-20(27-22)28(3)17-11-18(16-7-5-4-6-8-16)21-19(12-17)25-14-26-21/h4-12,14-15H,13H2,1-3H3,(H,25,26)(H,23,24,27). The fourth-order valence-corrected chi connectivity index (χ4v) is 3.11. The molecular weight excluding hydrogens is 348 g/mol. The molecule has 0 saturated heterocycles. The largest absolute Gasteiger partial charge is 0.354 e. The fourth-order valence-electron chi connectivity index (χ4n) is 3.11. The molecule has 142 valence electrons. The van der Waals surface area contributed by atoms with E-state index in [0.717, 1.165) is 40.2 Å². The molecule has 4 rings (SSSR count). The Labute approximate surface area is 164 Å². The third-order valence-corrected chi connectivity index (χ3v) is 4.63. The van der Waals surface area contributed by atoms with E-state index in [1.54, 1.807) is 12.5 Å². The van der Waals surface area contributed by atoms with Gasteiger partial charge in [0.15, 0.2) is 0 Å². The van der Waals surface area contributed by atoms with Crippen LogP contribution >= 0.6 is 0 Å². The van der Waals surface area contributed by atoms with Crippen molar-refractivity contribution in [1.29, 1.82) is 0 Å². The van der Waals surface area contributed by atoms with Crippen molar-refractivity contribution in [3.8, 4) is 11.1 Å². The Morgan fingerprint density at radius 2 is 1.89 bits per heavy atom. The van der Waals surface area contributed by atoms with Gasteiger partial charge in [0, 0.05) is 31.0 Å². The van der Waals surface area contributed by atoms with Gasteiger partial charge >= 0.3 is 0 Å². The third kappa shape index (κ3) is 3.67. The molecule has 2 heterocycles. The van der Waals surface area contributed by atoms with Gasteiger partial charge in [-0.1, -0.05) is 44.2 Å². The molecule has 2 aromatic heterocycles. The van der Waals surface area contributed by atoms with Gasteiger partial charge in [0.25, 0.3) is 0 Å². The van der Waals surface area contributed by atoms with E-state index in [9.17, 15) is 0 Å². The molecule has 0 saturated carbocycles. The monoisotopic (exact) mass is 372 g/mol. The van der Waals surface area contributed by atoms with Crippen molar-refractivity contribution >= 4 is 28.5 Å². The molecular formula is C22H24N6. The Morgan fingerprint density at radius 1 is 1.07 bits per heavy atom. The number of hydrogen-bond donors (Lipinski definition) is 2. The minimum Gasteiger partial charge on any atom is -0.354 e. The normalized spacial score (nSPS) is 11.1. The zero-order valence-corrected chi connectivity index (χ0v) is 16.3. The zero-order chi connectivity index (χ0) is 19.5. The Bertz CT molecular complexity index is 1070.